The van der Waals surface area contributed by atoms with Gasteiger partial charge < -0.3 is 30.0 Å². The van der Waals surface area contributed by atoms with Crippen LogP contribution in [0.4, 0.5) is 16.2 Å². The average Bonchev–Trinajstić information content (AvgIpc) is 3.53. The molecule has 1 saturated carbocycles. The summed E-state index contributed by atoms with van der Waals surface area (Å²) in [6.45, 7) is 2.91. The molecule has 11 heteroatoms. The molecule has 1 aliphatic rings. The summed E-state index contributed by atoms with van der Waals surface area (Å²) < 4.78 is 17.4. The molecule has 0 spiro atoms. The highest BCUT2D eigenvalue weighted by atomic mass is 16.6. The Morgan fingerprint density at radius 2 is 1.63 bits per heavy atom. The highest BCUT2D eigenvalue weighted by molar-refractivity contribution is 5.89. The lowest BCUT2D eigenvalue weighted by atomic mass is 10.2. The van der Waals surface area contributed by atoms with Crippen LogP contribution in [0.2, 0.25) is 0 Å². The number of nitro benzene ring substituents is 1. The highest BCUT2D eigenvalue weighted by Crippen LogP contribution is 2.21. The number of nitro groups is 1. The van der Waals surface area contributed by atoms with Crippen molar-refractivity contribution in [1.82, 2.24) is 10.2 Å². The number of rotatable bonds is 17. The monoisotopic (exact) mass is 592 g/mol. The Balaban J connectivity index is 1.19. The molecule has 0 bridgehead atoms. The lowest BCUT2D eigenvalue weighted by Crippen LogP contribution is -2.41. The van der Waals surface area contributed by atoms with Crippen molar-refractivity contribution >= 4 is 17.4 Å². The number of aliphatic hydroxyl groups is 1. The third kappa shape index (κ3) is 11.5. The van der Waals surface area contributed by atoms with Gasteiger partial charge in [-0.15, -0.1) is 0 Å². The Kier molecular flexibility index (Phi) is 12.6. The first kappa shape index (κ1) is 31.7. The second-order valence-corrected chi connectivity index (χ2v) is 10.5. The molecule has 0 radical (unpaired) electrons. The van der Waals surface area contributed by atoms with Crippen LogP contribution in [0.3, 0.4) is 0 Å². The molecule has 3 aromatic rings. The summed E-state index contributed by atoms with van der Waals surface area (Å²) in [5.74, 6) is 1.37. The highest BCUT2D eigenvalue weighted by Gasteiger charge is 2.16. The zero-order valence-corrected chi connectivity index (χ0v) is 24.2. The summed E-state index contributed by atoms with van der Waals surface area (Å²) in [5, 5.41) is 27.0. The molecule has 11 nitrogen and oxygen atoms in total. The quantitative estimate of drug-likeness (QED) is 0.113. The van der Waals surface area contributed by atoms with Crippen LogP contribution >= 0.6 is 0 Å². The first-order valence-electron chi connectivity index (χ1n) is 14.7. The van der Waals surface area contributed by atoms with Crippen molar-refractivity contribution < 1.29 is 29.0 Å². The van der Waals surface area contributed by atoms with Gasteiger partial charge in [0.2, 0.25) is 0 Å². The van der Waals surface area contributed by atoms with E-state index in [0.717, 1.165) is 24.2 Å². The number of nitrogens with zero attached hydrogens (tertiary/aromatic N) is 2. The Bertz CT molecular complexity index is 1250. The van der Waals surface area contributed by atoms with E-state index in [1.54, 1.807) is 0 Å². The zero-order valence-electron chi connectivity index (χ0n) is 24.2. The van der Waals surface area contributed by atoms with Gasteiger partial charge in [-0.3, -0.25) is 15.0 Å². The van der Waals surface area contributed by atoms with Crippen LogP contribution in [0, 0.1) is 10.1 Å². The number of carbonyl (C=O) groups is 1. The van der Waals surface area contributed by atoms with Crippen LogP contribution in [-0.4, -0.2) is 72.6 Å². The number of hydrogen-bond acceptors (Lipinski definition) is 8. The summed E-state index contributed by atoms with van der Waals surface area (Å²) in [6.07, 6.45) is 4.39. The lowest BCUT2D eigenvalue weighted by molar-refractivity contribution is -0.384. The summed E-state index contributed by atoms with van der Waals surface area (Å²) in [5.41, 5.74) is 1.48. The normalized spacial score (nSPS) is 13.9. The predicted molar refractivity (Wildman–Crippen MR) is 163 cm³/mol. The van der Waals surface area contributed by atoms with E-state index >= 15 is 0 Å². The van der Waals surface area contributed by atoms with E-state index < -0.39 is 17.1 Å². The molecular formula is C32H40N4O7. The van der Waals surface area contributed by atoms with Crippen LogP contribution in [0.15, 0.2) is 78.9 Å². The summed E-state index contributed by atoms with van der Waals surface area (Å²) in [6, 6.07) is 22.4. The fraction of sp³-hybridized carbons (Fsp3) is 0.406. The fourth-order valence-electron chi connectivity index (χ4n) is 4.85. The van der Waals surface area contributed by atoms with Crippen LogP contribution in [0.1, 0.15) is 31.2 Å². The second kappa shape index (κ2) is 17.1. The van der Waals surface area contributed by atoms with Crippen LogP contribution in [0.25, 0.3) is 0 Å². The van der Waals surface area contributed by atoms with Crippen molar-refractivity contribution in [1.29, 1.82) is 0 Å². The maximum Gasteiger partial charge on any atom is 0.319 e. The van der Waals surface area contributed by atoms with E-state index in [1.165, 1.54) is 37.1 Å². The van der Waals surface area contributed by atoms with Crippen molar-refractivity contribution in [3.8, 4) is 11.5 Å². The van der Waals surface area contributed by atoms with Gasteiger partial charge in [0.15, 0.2) is 0 Å². The molecule has 3 N–H and O–H groups in total. The topological polar surface area (TPSA) is 135 Å². The molecule has 1 unspecified atom stereocenters. The Morgan fingerprint density at radius 3 is 2.30 bits per heavy atom. The van der Waals surface area contributed by atoms with E-state index in [2.05, 4.69) is 10.6 Å². The molecule has 1 aliphatic carbocycles. The van der Waals surface area contributed by atoms with Gasteiger partial charge in [0.25, 0.3) is 5.69 Å². The largest absolute Gasteiger partial charge is 0.491 e. The van der Waals surface area contributed by atoms with Crippen molar-refractivity contribution in [2.45, 2.75) is 44.4 Å². The van der Waals surface area contributed by atoms with Gasteiger partial charge in [-0.25, -0.2) is 4.79 Å². The van der Waals surface area contributed by atoms with E-state index in [0.29, 0.717) is 56.9 Å². The molecule has 230 valence electrons. The van der Waals surface area contributed by atoms with Gasteiger partial charge in [-0.2, -0.15) is 0 Å². The van der Waals surface area contributed by atoms with E-state index in [1.807, 2.05) is 59.5 Å². The summed E-state index contributed by atoms with van der Waals surface area (Å²) in [7, 11) is 0. The first-order chi connectivity index (χ1) is 20.9. The smallest absolute Gasteiger partial charge is 0.319 e. The summed E-state index contributed by atoms with van der Waals surface area (Å²) >= 11 is 0. The molecule has 0 saturated heterocycles. The van der Waals surface area contributed by atoms with Gasteiger partial charge in [0.1, 0.15) is 30.8 Å². The zero-order chi connectivity index (χ0) is 30.3. The first-order valence-corrected chi connectivity index (χ1v) is 14.7. The predicted octanol–water partition coefficient (Wildman–Crippen LogP) is 5.00. The van der Waals surface area contributed by atoms with E-state index in [-0.39, 0.29) is 12.3 Å². The number of aliphatic hydroxyl groups excluding tert-OH is 1. The Labute approximate surface area is 251 Å². The number of hydrogen-bond donors (Lipinski definition) is 3. The van der Waals surface area contributed by atoms with Gasteiger partial charge >= 0.3 is 6.03 Å². The fourth-order valence-corrected chi connectivity index (χ4v) is 4.85. The molecule has 4 rings (SSSR count). The van der Waals surface area contributed by atoms with Crippen LogP contribution < -0.4 is 20.1 Å². The Hall–Kier alpha value is -4.19. The van der Waals surface area contributed by atoms with E-state index in [9.17, 15) is 20.0 Å². The Morgan fingerprint density at radius 1 is 0.953 bits per heavy atom. The van der Waals surface area contributed by atoms with Gasteiger partial charge in [0.05, 0.1) is 17.6 Å². The standard InChI is InChI=1S/C32H40N4O7/c37-28(24-43-31-16-14-30(15-17-31)42-21-20-41-29-8-4-5-9-29)23-35(22-25-6-2-1-3-7-25)19-18-33-32(38)34-26-10-12-27(13-11-26)36(39)40/h1-3,6-7,10-17,28-29,37H,4-5,8-9,18-24H2,(H2,33,34,38). The second-order valence-electron chi connectivity index (χ2n) is 10.5. The number of nitrogens with one attached hydrogen (secondary N) is 2. The maximum atomic E-state index is 12.3. The number of benzene rings is 3. The maximum absolute atomic E-state index is 12.3. The van der Waals surface area contributed by atoms with Crippen molar-refractivity contribution in [2.75, 3.05) is 44.8 Å². The van der Waals surface area contributed by atoms with Crippen LogP contribution in [0.5, 0.6) is 11.5 Å². The minimum atomic E-state index is -0.763. The molecule has 0 aliphatic heterocycles. The molecular weight excluding hydrogens is 552 g/mol. The molecule has 1 atom stereocenters. The minimum absolute atomic E-state index is 0.0495. The number of non-ortho nitro benzene ring substituents is 1. The number of anilines is 1. The lowest BCUT2D eigenvalue weighted by Gasteiger charge is -2.25. The number of amides is 2. The van der Waals surface area contributed by atoms with Crippen LogP contribution in [-0.2, 0) is 11.3 Å². The van der Waals surface area contributed by atoms with Crippen molar-refractivity contribution in [3.63, 3.8) is 0 Å². The summed E-state index contributed by atoms with van der Waals surface area (Å²) in [4.78, 5) is 24.7. The molecule has 43 heavy (non-hydrogen) atoms. The third-order valence-corrected chi connectivity index (χ3v) is 7.04. The number of urea groups is 1. The van der Waals surface area contributed by atoms with Gasteiger partial charge in [0, 0.05) is 44.0 Å². The van der Waals surface area contributed by atoms with Crippen molar-refractivity contribution in [3.05, 3.63) is 94.5 Å². The molecule has 1 fully saturated rings. The number of ether oxygens (including phenoxy) is 3. The average molecular weight is 593 g/mol. The minimum Gasteiger partial charge on any atom is -0.491 e. The molecule has 0 heterocycles. The van der Waals surface area contributed by atoms with Gasteiger partial charge in [-0.1, -0.05) is 43.2 Å². The third-order valence-electron chi connectivity index (χ3n) is 7.04. The van der Waals surface area contributed by atoms with Gasteiger partial charge in [-0.05, 0) is 54.8 Å². The molecule has 3 aromatic carbocycles. The number of carbonyl (C=O) groups excluding carboxylic acids is 1. The van der Waals surface area contributed by atoms with E-state index in [4.69, 9.17) is 14.2 Å². The molecule has 2 amide bonds. The SMILES string of the molecule is O=C(NCCN(Cc1ccccc1)CC(O)COc1ccc(OCCOC2CCCC2)cc1)Nc1ccc([N+](=O)[O-])cc1. The van der Waals surface area contributed by atoms with Crippen molar-refractivity contribution in [2.24, 2.45) is 0 Å². The molecule has 0 aromatic heterocycles.